The summed E-state index contributed by atoms with van der Waals surface area (Å²) in [6.07, 6.45) is 2.22. The van der Waals surface area contributed by atoms with Gasteiger partial charge < -0.3 is 9.69 Å². The largest absolute Gasteiger partial charge is 0.370 e. The van der Waals surface area contributed by atoms with Gasteiger partial charge in [-0.3, -0.25) is 9.59 Å². The molecule has 2 fully saturated rings. The van der Waals surface area contributed by atoms with Crippen molar-refractivity contribution in [2.24, 2.45) is 5.92 Å². The second-order valence-electron chi connectivity index (χ2n) is 5.67. The fourth-order valence-corrected chi connectivity index (χ4v) is 2.95. The number of anilines is 1. The maximum atomic E-state index is 11.9. The van der Waals surface area contributed by atoms with Gasteiger partial charge in [0.15, 0.2) is 0 Å². The van der Waals surface area contributed by atoms with Crippen LogP contribution in [0.25, 0.3) is 0 Å². The third-order valence-corrected chi connectivity index (χ3v) is 4.23. The van der Waals surface area contributed by atoms with E-state index in [-0.39, 0.29) is 29.8 Å². The number of ketones is 2. The monoisotopic (exact) mass is 271 g/mol. The van der Waals surface area contributed by atoms with Crippen LogP contribution in [-0.2, 0) is 14.4 Å². The van der Waals surface area contributed by atoms with Crippen LogP contribution in [0.4, 0.5) is 5.69 Å². The summed E-state index contributed by atoms with van der Waals surface area (Å²) in [6.45, 7) is 1.55. The van der Waals surface area contributed by atoms with Crippen LogP contribution in [0, 0.1) is 5.92 Å². The first-order valence-corrected chi connectivity index (χ1v) is 7.02. The first-order chi connectivity index (χ1) is 9.67. The highest BCUT2D eigenvalue weighted by atomic mass is 16.1. The van der Waals surface area contributed by atoms with Crippen molar-refractivity contribution < 1.29 is 14.4 Å². The van der Waals surface area contributed by atoms with E-state index in [0.29, 0.717) is 12.8 Å². The van der Waals surface area contributed by atoms with Crippen molar-refractivity contribution in [2.45, 2.75) is 25.2 Å². The summed E-state index contributed by atoms with van der Waals surface area (Å²) >= 11 is 0. The molecule has 3 rings (SSSR count). The van der Waals surface area contributed by atoms with Crippen molar-refractivity contribution in [2.75, 3.05) is 18.0 Å². The third-order valence-electron chi connectivity index (χ3n) is 4.23. The molecular weight excluding hydrogens is 254 g/mol. The van der Waals surface area contributed by atoms with Gasteiger partial charge >= 0.3 is 0 Å². The van der Waals surface area contributed by atoms with Gasteiger partial charge in [0.05, 0.1) is 6.42 Å². The lowest BCUT2D eigenvalue weighted by atomic mass is 9.82. The molecule has 1 aliphatic carbocycles. The molecule has 0 spiro atoms. The van der Waals surface area contributed by atoms with Gasteiger partial charge in [0.2, 0.25) is 0 Å². The zero-order valence-electron chi connectivity index (χ0n) is 11.2. The van der Waals surface area contributed by atoms with E-state index in [4.69, 9.17) is 0 Å². The van der Waals surface area contributed by atoms with Crippen LogP contribution in [-0.4, -0.2) is 30.9 Å². The summed E-state index contributed by atoms with van der Waals surface area (Å²) < 4.78 is 0. The van der Waals surface area contributed by atoms with E-state index in [1.54, 1.807) is 0 Å². The molecule has 1 aromatic rings. The number of rotatable bonds is 3. The van der Waals surface area contributed by atoms with Crippen molar-refractivity contribution in [1.29, 1.82) is 0 Å². The molecule has 1 unspecified atom stereocenters. The standard InChI is InChI=1S/C16H17NO3/c18-10-11-8-17(9-11)13-3-1-12(2-4-13)15-6-5-14(19)7-16(15)20/h1-4,10-11,15H,5-9H2. The van der Waals surface area contributed by atoms with Gasteiger partial charge in [-0.25, -0.2) is 0 Å². The minimum absolute atomic E-state index is 0.0407. The van der Waals surface area contributed by atoms with Crippen molar-refractivity contribution in [1.82, 2.24) is 0 Å². The van der Waals surface area contributed by atoms with Crippen molar-refractivity contribution in [3.8, 4) is 0 Å². The van der Waals surface area contributed by atoms with E-state index in [1.165, 1.54) is 0 Å². The molecule has 4 nitrogen and oxygen atoms in total. The van der Waals surface area contributed by atoms with Gasteiger partial charge in [-0.05, 0) is 24.1 Å². The number of hydrogen-bond donors (Lipinski definition) is 0. The predicted octanol–water partition coefficient (Wildman–Crippen LogP) is 1.73. The molecule has 1 heterocycles. The Morgan fingerprint density at radius 2 is 1.80 bits per heavy atom. The van der Waals surface area contributed by atoms with Crippen LogP contribution >= 0.6 is 0 Å². The minimum atomic E-state index is -0.124. The van der Waals surface area contributed by atoms with Gasteiger partial charge in [-0.15, -0.1) is 0 Å². The van der Waals surface area contributed by atoms with Crippen LogP contribution < -0.4 is 4.90 Å². The molecule has 1 aromatic carbocycles. The summed E-state index contributed by atoms with van der Waals surface area (Å²) in [7, 11) is 0. The smallest absolute Gasteiger partial charge is 0.147 e. The molecule has 1 atom stereocenters. The molecule has 0 N–H and O–H groups in total. The quantitative estimate of drug-likeness (QED) is 0.620. The summed E-state index contributed by atoms with van der Waals surface area (Å²) in [5.74, 6) is 0.129. The van der Waals surface area contributed by atoms with E-state index >= 15 is 0 Å². The highest BCUT2D eigenvalue weighted by molar-refractivity contribution is 6.04. The number of benzene rings is 1. The molecule has 0 aromatic heterocycles. The molecule has 4 heteroatoms. The Morgan fingerprint density at radius 1 is 1.10 bits per heavy atom. The Balaban J connectivity index is 1.69. The third kappa shape index (κ3) is 2.38. The average Bonchev–Trinajstić information content (AvgIpc) is 2.39. The zero-order valence-corrected chi connectivity index (χ0v) is 11.2. The molecule has 1 aliphatic heterocycles. The normalized spacial score (nSPS) is 23.6. The Morgan fingerprint density at radius 3 is 2.40 bits per heavy atom. The van der Waals surface area contributed by atoms with Gasteiger partial charge in [0.1, 0.15) is 17.9 Å². The van der Waals surface area contributed by atoms with E-state index in [1.807, 2.05) is 24.3 Å². The number of carbonyl (C=O) groups excluding carboxylic acids is 3. The van der Waals surface area contributed by atoms with Crippen LogP contribution in [0.1, 0.15) is 30.7 Å². The van der Waals surface area contributed by atoms with E-state index < -0.39 is 0 Å². The highest BCUT2D eigenvalue weighted by Crippen LogP contribution is 2.31. The molecule has 0 radical (unpaired) electrons. The zero-order chi connectivity index (χ0) is 14.1. The lowest BCUT2D eigenvalue weighted by Gasteiger charge is -2.38. The Labute approximate surface area is 117 Å². The molecule has 20 heavy (non-hydrogen) atoms. The van der Waals surface area contributed by atoms with Crippen LogP contribution in [0.2, 0.25) is 0 Å². The predicted molar refractivity (Wildman–Crippen MR) is 74.8 cm³/mol. The maximum absolute atomic E-state index is 11.9. The summed E-state index contributed by atoms with van der Waals surface area (Å²) in [5, 5.41) is 0. The van der Waals surface area contributed by atoms with Gasteiger partial charge in [0.25, 0.3) is 0 Å². The molecule has 1 saturated carbocycles. The lowest BCUT2D eigenvalue weighted by Crippen LogP contribution is -2.47. The van der Waals surface area contributed by atoms with Gasteiger partial charge in [-0.2, -0.15) is 0 Å². The van der Waals surface area contributed by atoms with Crippen molar-refractivity contribution >= 4 is 23.5 Å². The van der Waals surface area contributed by atoms with Crippen molar-refractivity contribution in [3.05, 3.63) is 29.8 Å². The molecule has 0 amide bonds. The molecular formula is C16H17NO3. The maximum Gasteiger partial charge on any atom is 0.147 e. The molecule has 1 saturated heterocycles. The SMILES string of the molecule is O=CC1CN(c2ccc(C3CCC(=O)CC3=O)cc2)C1. The molecule has 2 aliphatic rings. The highest BCUT2D eigenvalue weighted by Gasteiger charge is 2.29. The average molecular weight is 271 g/mol. The first kappa shape index (κ1) is 13.0. The Kier molecular flexibility index (Phi) is 3.38. The van der Waals surface area contributed by atoms with Gasteiger partial charge in [-0.1, -0.05) is 12.1 Å². The lowest BCUT2D eigenvalue weighted by molar-refractivity contribution is -0.130. The molecule has 0 bridgehead atoms. The summed E-state index contributed by atoms with van der Waals surface area (Å²) in [6, 6.07) is 7.95. The van der Waals surface area contributed by atoms with Crippen LogP contribution in [0.3, 0.4) is 0 Å². The summed E-state index contributed by atoms with van der Waals surface area (Å²) in [5.41, 5.74) is 2.09. The number of aldehydes is 1. The fraction of sp³-hybridized carbons (Fsp3) is 0.438. The second kappa shape index (κ2) is 5.19. The number of hydrogen-bond acceptors (Lipinski definition) is 4. The molecule has 104 valence electrons. The van der Waals surface area contributed by atoms with E-state index in [2.05, 4.69) is 4.90 Å². The fourth-order valence-electron chi connectivity index (χ4n) is 2.95. The van der Waals surface area contributed by atoms with Crippen molar-refractivity contribution in [3.63, 3.8) is 0 Å². The Bertz CT molecular complexity index is 543. The topological polar surface area (TPSA) is 54.5 Å². The van der Waals surface area contributed by atoms with Crippen LogP contribution in [0.15, 0.2) is 24.3 Å². The van der Waals surface area contributed by atoms with E-state index in [0.717, 1.165) is 30.6 Å². The second-order valence-corrected chi connectivity index (χ2v) is 5.67. The van der Waals surface area contributed by atoms with Gasteiger partial charge in [0, 0.05) is 37.0 Å². The Hall–Kier alpha value is -1.97. The van der Waals surface area contributed by atoms with Crippen LogP contribution in [0.5, 0.6) is 0 Å². The minimum Gasteiger partial charge on any atom is -0.370 e. The first-order valence-electron chi connectivity index (χ1n) is 7.02. The number of carbonyl (C=O) groups is 3. The summed E-state index contributed by atoms with van der Waals surface area (Å²) in [4.78, 5) is 35.9. The number of Topliss-reactive ketones (excluding diaryl/α,β-unsaturated/α-hetero) is 2. The number of nitrogens with zero attached hydrogens (tertiary/aromatic N) is 1. The van der Waals surface area contributed by atoms with E-state index in [9.17, 15) is 14.4 Å².